The molecule has 130 valence electrons. The molecule has 0 radical (unpaired) electrons. The van der Waals surface area contributed by atoms with Gasteiger partial charge in [0.15, 0.2) is 5.96 Å². The molecule has 25 heavy (non-hydrogen) atoms. The zero-order valence-electron chi connectivity index (χ0n) is 14.1. The van der Waals surface area contributed by atoms with Crippen LogP contribution in [-0.2, 0) is 13.1 Å². The Kier molecular flexibility index (Phi) is 5.56. The van der Waals surface area contributed by atoms with Crippen molar-refractivity contribution in [2.75, 3.05) is 13.1 Å². The van der Waals surface area contributed by atoms with Crippen molar-refractivity contribution in [2.24, 2.45) is 4.99 Å². The number of halogens is 1. The molecular formula is C19H21ClN4O. The standard InChI is InChI=1S/C19H21ClN4O/c1-13-9-15(5-6-17(13)20)11-23-18(25)16-4-2-3-14(10-16)12-24-19-21-7-8-22-19/h2-6,9-10H,7-8,11-12H2,1H3,(H,23,25)(H2,21,22,24). The summed E-state index contributed by atoms with van der Waals surface area (Å²) < 4.78 is 0. The molecule has 0 saturated carbocycles. The molecule has 0 bridgehead atoms. The van der Waals surface area contributed by atoms with Crippen LogP contribution in [0.15, 0.2) is 47.5 Å². The molecule has 5 nitrogen and oxygen atoms in total. The van der Waals surface area contributed by atoms with Gasteiger partial charge < -0.3 is 16.0 Å². The summed E-state index contributed by atoms with van der Waals surface area (Å²) in [5, 5.41) is 10.1. The number of amides is 1. The summed E-state index contributed by atoms with van der Waals surface area (Å²) in [5.74, 6) is 0.721. The molecule has 1 aliphatic rings. The van der Waals surface area contributed by atoms with Crippen molar-refractivity contribution in [1.82, 2.24) is 16.0 Å². The van der Waals surface area contributed by atoms with Crippen LogP contribution in [0.5, 0.6) is 0 Å². The van der Waals surface area contributed by atoms with E-state index in [9.17, 15) is 4.79 Å². The van der Waals surface area contributed by atoms with Crippen molar-refractivity contribution < 1.29 is 4.79 Å². The molecule has 0 aliphatic carbocycles. The molecule has 2 aromatic rings. The Morgan fingerprint density at radius 2 is 2.04 bits per heavy atom. The van der Waals surface area contributed by atoms with Crippen molar-refractivity contribution >= 4 is 23.5 Å². The first-order chi connectivity index (χ1) is 12.1. The molecule has 1 aliphatic heterocycles. The lowest BCUT2D eigenvalue weighted by atomic mass is 10.1. The highest BCUT2D eigenvalue weighted by molar-refractivity contribution is 6.31. The normalized spacial score (nSPS) is 13.1. The predicted molar refractivity (Wildman–Crippen MR) is 101 cm³/mol. The molecule has 2 aromatic carbocycles. The number of rotatable bonds is 5. The van der Waals surface area contributed by atoms with Gasteiger partial charge in [0.1, 0.15) is 0 Å². The molecule has 0 saturated heterocycles. The van der Waals surface area contributed by atoms with Crippen molar-refractivity contribution in [1.29, 1.82) is 0 Å². The minimum Gasteiger partial charge on any atom is -0.355 e. The van der Waals surface area contributed by atoms with E-state index in [1.807, 2.05) is 49.4 Å². The Hall–Kier alpha value is -2.53. The van der Waals surface area contributed by atoms with E-state index in [1.54, 1.807) is 0 Å². The van der Waals surface area contributed by atoms with Crippen LogP contribution in [0.25, 0.3) is 0 Å². The summed E-state index contributed by atoms with van der Waals surface area (Å²) in [6.07, 6.45) is 0. The summed E-state index contributed by atoms with van der Waals surface area (Å²) in [6.45, 7) is 4.72. The minimum absolute atomic E-state index is 0.0919. The number of aryl methyl sites for hydroxylation is 1. The number of guanidine groups is 1. The van der Waals surface area contributed by atoms with Crippen LogP contribution in [0.1, 0.15) is 27.0 Å². The average Bonchev–Trinajstić information content (AvgIpc) is 3.14. The lowest BCUT2D eigenvalue weighted by molar-refractivity contribution is 0.0951. The second-order valence-corrected chi connectivity index (χ2v) is 6.38. The average molecular weight is 357 g/mol. The summed E-state index contributed by atoms with van der Waals surface area (Å²) >= 11 is 6.03. The molecule has 3 rings (SSSR count). The monoisotopic (exact) mass is 356 g/mol. The van der Waals surface area contributed by atoms with Gasteiger partial charge in [0, 0.05) is 30.2 Å². The third kappa shape index (κ3) is 4.73. The van der Waals surface area contributed by atoms with Gasteiger partial charge in [0.25, 0.3) is 5.91 Å². The molecular weight excluding hydrogens is 336 g/mol. The fourth-order valence-corrected chi connectivity index (χ4v) is 2.74. The second-order valence-electron chi connectivity index (χ2n) is 5.98. The van der Waals surface area contributed by atoms with Crippen molar-refractivity contribution in [2.45, 2.75) is 20.0 Å². The lowest BCUT2D eigenvalue weighted by Crippen LogP contribution is -2.33. The van der Waals surface area contributed by atoms with Gasteiger partial charge in [0.2, 0.25) is 0 Å². The smallest absolute Gasteiger partial charge is 0.251 e. The van der Waals surface area contributed by atoms with Crippen molar-refractivity contribution in [3.8, 4) is 0 Å². The van der Waals surface area contributed by atoms with Crippen LogP contribution in [0.3, 0.4) is 0 Å². The maximum atomic E-state index is 12.4. The molecule has 0 aromatic heterocycles. The van der Waals surface area contributed by atoms with Crippen LogP contribution >= 0.6 is 11.6 Å². The van der Waals surface area contributed by atoms with Gasteiger partial charge in [0.05, 0.1) is 6.54 Å². The fourth-order valence-electron chi connectivity index (χ4n) is 2.63. The van der Waals surface area contributed by atoms with E-state index in [4.69, 9.17) is 11.6 Å². The van der Waals surface area contributed by atoms with Gasteiger partial charge in [-0.3, -0.25) is 9.79 Å². The van der Waals surface area contributed by atoms with E-state index in [2.05, 4.69) is 20.9 Å². The van der Waals surface area contributed by atoms with Gasteiger partial charge in [-0.25, -0.2) is 0 Å². The Labute approximate surface area is 152 Å². The third-order valence-electron chi connectivity index (χ3n) is 4.00. The SMILES string of the molecule is Cc1cc(CNC(=O)c2cccc(CNC3=NCCN3)c2)ccc1Cl. The highest BCUT2D eigenvalue weighted by atomic mass is 35.5. The van der Waals surface area contributed by atoms with Gasteiger partial charge in [-0.1, -0.05) is 35.9 Å². The zero-order valence-corrected chi connectivity index (χ0v) is 14.9. The first kappa shape index (κ1) is 17.3. The summed E-state index contributed by atoms with van der Waals surface area (Å²) in [5.41, 5.74) is 3.71. The minimum atomic E-state index is -0.0919. The third-order valence-corrected chi connectivity index (χ3v) is 4.42. The Morgan fingerprint density at radius 3 is 2.80 bits per heavy atom. The fraction of sp³-hybridized carbons (Fsp3) is 0.263. The molecule has 0 unspecified atom stereocenters. The summed E-state index contributed by atoms with van der Waals surface area (Å²) in [4.78, 5) is 16.7. The Morgan fingerprint density at radius 1 is 1.20 bits per heavy atom. The maximum Gasteiger partial charge on any atom is 0.251 e. The molecule has 1 heterocycles. The van der Waals surface area contributed by atoms with E-state index in [0.29, 0.717) is 18.7 Å². The number of aliphatic imine (C=N–C) groups is 1. The van der Waals surface area contributed by atoms with E-state index < -0.39 is 0 Å². The van der Waals surface area contributed by atoms with Crippen LogP contribution in [0.4, 0.5) is 0 Å². The van der Waals surface area contributed by atoms with Gasteiger partial charge in [-0.15, -0.1) is 0 Å². The first-order valence-corrected chi connectivity index (χ1v) is 8.64. The van der Waals surface area contributed by atoms with E-state index in [1.165, 1.54) is 0 Å². The number of hydrogen-bond acceptors (Lipinski definition) is 4. The van der Waals surface area contributed by atoms with Crippen molar-refractivity contribution in [3.05, 3.63) is 69.7 Å². The van der Waals surface area contributed by atoms with Gasteiger partial charge in [-0.05, 0) is 41.8 Å². The quantitative estimate of drug-likeness (QED) is 0.771. The number of carbonyl (C=O) groups excluding carboxylic acids is 1. The molecule has 6 heteroatoms. The summed E-state index contributed by atoms with van der Waals surface area (Å²) in [6, 6.07) is 13.3. The summed E-state index contributed by atoms with van der Waals surface area (Å²) in [7, 11) is 0. The van der Waals surface area contributed by atoms with E-state index in [0.717, 1.165) is 40.8 Å². The van der Waals surface area contributed by atoms with Crippen LogP contribution in [0, 0.1) is 6.92 Å². The molecule has 0 atom stereocenters. The Balaban J connectivity index is 1.57. The second kappa shape index (κ2) is 8.03. The van der Waals surface area contributed by atoms with Gasteiger partial charge in [-0.2, -0.15) is 0 Å². The van der Waals surface area contributed by atoms with E-state index in [-0.39, 0.29) is 5.91 Å². The van der Waals surface area contributed by atoms with Crippen molar-refractivity contribution in [3.63, 3.8) is 0 Å². The van der Waals surface area contributed by atoms with Gasteiger partial charge >= 0.3 is 0 Å². The number of nitrogens with zero attached hydrogens (tertiary/aromatic N) is 1. The van der Waals surface area contributed by atoms with Crippen LogP contribution in [0.2, 0.25) is 5.02 Å². The predicted octanol–water partition coefficient (Wildman–Crippen LogP) is 2.63. The highest BCUT2D eigenvalue weighted by Crippen LogP contribution is 2.16. The number of hydrogen-bond donors (Lipinski definition) is 3. The topological polar surface area (TPSA) is 65.5 Å². The molecule has 3 N–H and O–H groups in total. The number of carbonyl (C=O) groups is 1. The maximum absolute atomic E-state index is 12.4. The number of nitrogens with one attached hydrogen (secondary N) is 3. The largest absolute Gasteiger partial charge is 0.355 e. The van der Waals surface area contributed by atoms with E-state index >= 15 is 0 Å². The molecule has 0 spiro atoms. The van der Waals surface area contributed by atoms with Crippen LogP contribution in [-0.4, -0.2) is 25.0 Å². The highest BCUT2D eigenvalue weighted by Gasteiger charge is 2.08. The zero-order chi connectivity index (χ0) is 17.6. The molecule has 1 amide bonds. The lowest BCUT2D eigenvalue weighted by Gasteiger charge is -2.10. The Bertz CT molecular complexity index is 804. The number of benzene rings is 2. The molecule has 0 fully saturated rings. The van der Waals surface area contributed by atoms with Crippen LogP contribution < -0.4 is 16.0 Å². The first-order valence-electron chi connectivity index (χ1n) is 8.26.